The summed E-state index contributed by atoms with van der Waals surface area (Å²) in [6.45, 7) is 1.94. The summed E-state index contributed by atoms with van der Waals surface area (Å²) in [5, 5.41) is 2.72. The molecule has 2 aromatic carbocycles. The molecule has 1 N–H and O–H groups in total. The number of carbonyl (C=O) groups excluding carboxylic acids is 1. The topological polar surface area (TPSA) is 38.3 Å². The maximum absolute atomic E-state index is 11.7. The van der Waals surface area contributed by atoms with E-state index in [4.69, 9.17) is 4.74 Å². The van der Waals surface area contributed by atoms with E-state index >= 15 is 0 Å². The number of nitrogens with one attached hydrogen (secondary N) is 1. The minimum absolute atomic E-state index is 0.481. The molecule has 0 bridgehead atoms. The number of ether oxygens (including phenoxy) is 1. The lowest BCUT2D eigenvalue weighted by Gasteiger charge is -2.09. The summed E-state index contributed by atoms with van der Waals surface area (Å²) in [7, 11) is 0. The van der Waals surface area contributed by atoms with Crippen molar-refractivity contribution in [2.24, 2.45) is 0 Å². The van der Waals surface area contributed by atoms with Gasteiger partial charge in [-0.15, -0.1) is 0 Å². The van der Waals surface area contributed by atoms with Crippen molar-refractivity contribution in [1.29, 1.82) is 0 Å². The zero-order valence-electron chi connectivity index (χ0n) is 9.81. The molecule has 0 fully saturated rings. The van der Waals surface area contributed by atoms with Gasteiger partial charge in [0.25, 0.3) is 0 Å². The molecular weight excluding hydrogens is 341 g/mol. The fraction of sp³-hybridized carbons (Fsp3) is 0.0714. The van der Waals surface area contributed by atoms with E-state index in [0.717, 1.165) is 14.8 Å². The minimum Gasteiger partial charge on any atom is -0.410 e. The number of halogens is 1. The van der Waals surface area contributed by atoms with Gasteiger partial charge in [-0.2, -0.15) is 0 Å². The predicted molar refractivity (Wildman–Crippen MR) is 80.0 cm³/mol. The summed E-state index contributed by atoms with van der Waals surface area (Å²) in [6, 6.07) is 14.8. The van der Waals surface area contributed by atoms with Gasteiger partial charge in [0.2, 0.25) is 0 Å². The van der Waals surface area contributed by atoms with Crippen molar-refractivity contribution in [3.8, 4) is 5.75 Å². The van der Waals surface area contributed by atoms with Crippen molar-refractivity contribution >= 4 is 34.4 Å². The third-order valence-corrected chi connectivity index (χ3v) is 3.05. The predicted octanol–water partition coefficient (Wildman–Crippen LogP) is 4.21. The van der Waals surface area contributed by atoms with Crippen LogP contribution in [0, 0.1) is 10.5 Å². The van der Waals surface area contributed by atoms with Crippen LogP contribution in [0.5, 0.6) is 5.75 Å². The smallest absolute Gasteiger partial charge is 0.410 e. The largest absolute Gasteiger partial charge is 0.417 e. The van der Waals surface area contributed by atoms with Gasteiger partial charge in [0, 0.05) is 9.26 Å². The van der Waals surface area contributed by atoms with Crippen molar-refractivity contribution in [2.75, 3.05) is 5.32 Å². The molecule has 0 saturated carbocycles. The van der Waals surface area contributed by atoms with Crippen molar-refractivity contribution in [2.45, 2.75) is 6.92 Å². The fourth-order valence-corrected chi connectivity index (χ4v) is 2.15. The van der Waals surface area contributed by atoms with Crippen LogP contribution in [0.3, 0.4) is 0 Å². The highest BCUT2D eigenvalue weighted by molar-refractivity contribution is 14.1. The zero-order chi connectivity index (χ0) is 13.0. The van der Waals surface area contributed by atoms with Gasteiger partial charge in [-0.3, -0.25) is 5.32 Å². The Morgan fingerprint density at radius 3 is 2.56 bits per heavy atom. The molecule has 92 valence electrons. The first kappa shape index (κ1) is 12.9. The van der Waals surface area contributed by atoms with E-state index < -0.39 is 6.09 Å². The van der Waals surface area contributed by atoms with Crippen LogP contribution in [0.25, 0.3) is 0 Å². The van der Waals surface area contributed by atoms with Crippen LogP contribution in [0.15, 0.2) is 48.5 Å². The van der Waals surface area contributed by atoms with Crippen molar-refractivity contribution in [3.05, 3.63) is 57.7 Å². The first-order valence-electron chi connectivity index (χ1n) is 5.45. The molecular formula is C14H12INO2. The van der Waals surface area contributed by atoms with E-state index in [-0.39, 0.29) is 0 Å². The number of benzene rings is 2. The molecule has 2 rings (SSSR count). The average Bonchev–Trinajstić information content (AvgIpc) is 2.34. The van der Waals surface area contributed by atoms with E-state index in [1.807, 2.05) is 43.3 Å². The van der Waals surface area contributed by atoms with Gasteiger partial charge in [0.15, 0.2) is 0 Å². The molecule has 3 nitrogen and oxygen atoms in total. The van der Waals surface area contributed by atoms with Gasteiger partial charge >= 0.3 is 6.09 Å². The van der Waals surface area contributed by atoms with Crippen molar-refractivity contribution in [1.82, 2.24) is 0 Å². The number of rotatable bonds is 2. The average molecular weight is 353 g/mol. The first-order chi connectivity index (χ1) is 8.65. The fourth-order valence-electron chi connectivity index (χ4n) is 1.50. The second-order valence-corrected chi connectivity index (χ2v) is 5.03. The molecule has 18 heavy (non-hydrogen) atoms. The summed E-state index contributed by atoms with van der Waals surface area (Å²) >= 11 is 2.23. The number of para-hydroxylation sites is 1. The van der Waals surface area contributed by atoms with Crippen LogP contribution in [-0.2, 0) is 0 Å². The zero-order valence-corrected chi connectivity index (χ0v) is 12.0. The highest BCUT2D eigenvalue weighted by Gasteiger charge is 2.06. The van der Waals surface area contributed by atoms with Crippen LogP contribution in [0.4, 0.5) is 10.5 Å². The summed E-state index contributed by atoms with van der Waals surface area (Å²) in [4.78, 5) is 11.7. The number of hydrogen-bond acceptors (Lipinski definition) is 2. The molecule has 2 aromatic rings. The molecule has 0 aromatic heterocycles. The van der Waals surface area contributed by atoms with Crippen molar-refractivity contribution < 1.29 is 9.53 Å². The van der Waals surface area contributed by atoms with Crippen LogP contribution < -0.4 is 10.1 Å². The van der Waals surface area contributed by atoms with Gasteiger partial charge in [-0.05, 0) is 65.4 Å². The lowest BCUT2D eigenvalue weighted by molar-refractivity contribution is 0.215. The van der Waals surface area contributed by atoms with E-state index in [2.05, 4.69) is 27.9 Å². The van der Waals surface area contributed by atoms with Gasteiger partial charge < -0.3 is 4.74 Å². The van der Waals surface area contributed by atoms with Gasteiger partial charge in [0.1, 0.15) is 5.75 Å². The highest BCUT2D eigenvalue weighted by atomic mass is 127. The van der Waals surface area contributed by atoms with Crippen LogP contribution in [0.2, 0.25) is 0 Å². The molecule has 0 radical (unpaired) electrons. The van der Waals surface area contributed by atoms with Gasteiger partial charge in [-0.25, -0.2) is 4.79 Å². The molecule has 0 saturated heterocycles. The molecule has 1 amide bonds. The molecule has 0 spiro atoms. The Morgan fingerprint density at radius 2 is 1.89 bits per heavy atom. The first-order valence-corrected chi connectivity index (χ1v) is 6.53. The maximum atomic E-state index is 11.7. The number of anilines is 1. The number of hydrogen-bond donors (Lipinski definition) is 1. The Hall–Kier alpha value is -1.56. The molecule has 0 aliphatic heterocycles. The third-order valence-electron chi connectivity index (χ3n) is 2.38. The lowest BCUT2D eigenvalue weighted by atomic mass is 10.2. The van der Waals surface area contributed by atoms with Gasteiger partial charge in [0.05, 0.1) is 0 Å². The summed E-state index contributed by atoms with van der Waals surface area (Å²) < 4.78 is 6.28. The van der Waals surface area contributed by atoms with Crippen LogP contribution >= 0.6 is 22.6 Å². The Morgan fingerprint density at radius 1 is 1.17 bits per heavy atom. The summed E-state index contributed by atoms with van der Waals surface area (Å²) in [5.41, 5.74) is 1.77. The Balaban J connectivity index is 2.03. The highest BCUT2D eigenvalue weighted by Crippen LogP contribution is 2.18. The van der Waals surface area contributed by atoms with Crippen LogP contribution in [-0.4, -0.2) is 6.09 Å². The summed E-state index contributed by atoms with van der Waals surface area (Å²) in [6.07, 6.45) is -0.481. The molecule has 4 heteroatoms. The molecule has 0 aliphatic rings. The third kappa shape index (κ3) is 3.46. The van der Waals surface area contributed by atoms with E-state index in [1.54, 1.807) is 12.1 Å². The van der Waals surface area contributed by atoms with E-state index in [0.29, 0.717) is 5.75 Å². The van der Waals surface area contributed by atoms with E-state index in [9.17, 15) is 4.79 Å². The number of carbonyl (C=O) groups is 1. The molecule has 0 aliphatic carbocycles. The maximum Gasteiger partial charge on any atom is 0.417 e. The monoisotopic (exact) mass is 353 g/mol. The Labute approximate surface area is 119 Å². The lowest BCUT2D eigenvalue weighted by Crippen LogP contribution is -2.17. The van der Waals surface area contributed by atoms with Gasteiger partial charge in [-0.1, -0.05) is 18.2 Å². The number of amides is 1. The Bertz CT molecular complexity index is 555. The van der Waals surface area contributed by atoms with E-state index in [1.165, 1.54) is 0 Å². The second kappa shape index (κ2) is 5.86. The number of aryl methyl sites for hydroxylation is 1. The molecule has 0 unspecified atom stereocenters. The van der Waals surface area contributed by atoms with Crippen molar-refractivity contribution in [3.63, 3.8) is 0 Å². The second-order valence-electron chi connectivity index (χ2n) is 3.79. The Kier molecular flexibility index (Phi) is 4.19. The normalized spacial score (nSPS) is 9.89. The molecule has 0 atom stereocenters. The molecule has 0 heterocycles. The quantitative estimate of drug-likeness (QED) is 0.822. The standard InChI is InChI=1S/C14H12INO2/c1-10-9-11(15)7-8-13(10)16-14(17)18-12-5-3-2-4-6-12/h2-9H,1H3,(H,16,17). The summed E-state index contributed by atoms with van der Waals surface area (Å²) in [5.74, 6) is 0.526. The minimum atomic E-state index is -0.481. The SMILES string of the molecule is Cc1cc(I)ccc1NC(=O)Oc1ccccc1. The van der Waals surface area contributed by atoms with Crippen LogP contribution in [0.1, 0.15) is 5.56 Å².